The molecular formula is C58H38N4. The van der Waals surface area contributed by atoms with Crippen molar-refractivity contribution in [2.24, 2.45) is 0 Å². The van der Waals surface area contributed by atoms with Crippen molar-refractivity contribution < 1.29 is 0 Å². The van der Waals surface area contributed by atoms with E-state index >= 15 is 0 Å². The quantitative estimate of drug-likeness (QED) is 0.151. The Morgan fingerprint density at radius 1 is 0.323 bits per heavy atom. The van der Waals surface area contributed by atoms with Crippen molar-refractivity contribution in [3.63, 3.8) is 0 Å². The molecule has 2 aromatic heterocycles. The fourth-order valence-electron chi connectivity index (χ4n) is 9.25. The first-order chi connectivity index (χ1) is 30.7. The molecule has 0 amide bonds. The van der Waals surface area contributed by atoms with Crippen LogP contribution < -0.4 is 4.90 Å². The van der Waals surface area contributed by atoms with Crippen LogP contribution in [0.4, 0.5) is 17.1 Å². The molecule has 0 bridgehead atoms. The fraction of sp³-hybridized carbons (Fsp3) is 0. The zero-order chi connectivity index (χ0) is 41.0. The van der Waals surface area contributed by atoms with Crippen molar-refractivity contribution >= 4 is 71.4 Å². The molecule has 0 fully saturated rings. The molecule has 0 aliphatic heterocycles. The Hall–Kier alpha value is -8.34. The van der Waals surface area contributed by atoms with Gasteiger partial charge in [0.15, 0.2) is 0 Å². The molecule has 0 atom stereocenters. The van der Waals surface area contributed by atoms with E-state index in [0.29, 0.717) is 0 Å². The van der Waals surface area contributed by atoms with E-state index in [2.05, 4.69) is 234 Å². The third-order valence-electron chi connectivity index (χ3n) is 12.2. The molecular weight excluding hydrogens is 753 g/mol. The van der Waals surface area contributed by atoms with Crippen LogP contribution in [0.25, 0.3) is 93.6 Å². The van der Waals surface area contributed by atoms with Crippen molar-refractivity contribution in [2.45, 2.75) is 0 Å². The number of fused-ring (bicyclic) bond motifs is 9. The van der Waals surface area contributed by atoms with Crippen LogP contribution in [0.15, 0.2) is 231 Å². The topological polar surface area (TPSA) is 34.0 Å². The molecule has 0 aliphatic carbocycles. The lowest BCUT2D eigenvalue weighted by molar-refractivity contribution is 1.18. The van der Waals surface area contributed by atoms with Crippen LogP contribution in [0.3, 0.4) is 0 Å². The summed E-state index contributed by atoms with van der Waals surface area (Å²) >= 11 is 0. The van der Waals surface area contributed by atoms with E-state index in [9.17, 15) is 0 Å². The highest BCUT2D eigenvalue weighted by molar-refractivity contribution is 6.23. The van der Waals surface area contributed by atoms with Crippen LogP contribution >= 0.6 is 0 Å². The average Bonchev–Trinajstić information content (AvgIpc) is 3.69. The molecule has 0 aliphatic rings. The van der Waals surface area contributed by atoms with Gasteiger partial charge in [0.2, 0.25) is 0 Å². The van der Waals surface area contributed by atoms with E-state index in [0.717, 1.165) is 66.9 Å². The first kappa shape index (κ1) is 35.6. The second kappa shape index (κ2) is 14.7. The summed E-state index contributed by atoms with van der Waals surface area (Å²) in [5.74, 6) is 0. The number of anilines is 3. The predicted molar refractivity (Wildman–Crippen MR) is 260 cm³/mol. The molecule has 4 nitrogen and oxygen atoms in total. The highest BCUT2D eigenvalue weighted by Gasteiger charge is 2.17. The van der Waals surface area contributed by atoms with Crippen molar-refractivity contribution in [2.75, 3.05) is 4.90 Å². The summed E-state index contributed by atoms with van der Waals surface area (Å²) < 4.78 is 2.36. The second-order valence-electron chi connectivity index (χ2n) is 15.8. The van der Waals surface area contributed by atoms with Crippen LogP contribution in [-0.2, 0) is 0 Å². The highest BCUT2D eigenvalue weighted by Crippen LogP contribution is 2.40. The normalized spacial score (nSPS) is 11.5. The molecule has 2 heterocycles. The Morgan fingerprint density at radius 3 is 1.56 bits per heavy atom. The molecule has 0 N–H and O–H groups in total. The standard InChI is InChI=1S/C58H38N4/c1-3-15-44(16-4-1)61(46-33-30-40(31-34-46)43-32-35-56-53(37-43)50-22-11-12-25-55(50)62(56)45-17-5-2-6-18-45)47-19-13-14-42(36-47)39-26-28-41(29-27-39)54-38-59-57-51-23-9-7-20-48(51)49-21-8-10-24-52(49)58(57)60-54/h1-38H. The largest absolute Gasteiger partial charge is 0.310 e. The molecule has 0 unspecified atom stereocenters. The van der Waals surface area contributed by atoms with Crippen molar-refractivity contribution in [3.05, 3.63) is 231 Å². The van der Waals surface area contributed by atoms with Gasteiger partial charge in [-0.05, 0) is 99.8 Å². The van der Waals surface area contributed by atoms with Gasteiger partial charge < -0.3 is 9.47 Å². The minimum Gasteiger partial charge on any atom is -0.310 e. The molecule has 290 valence electrons. The molecule has 0 radical (unpaired) electrons. The predicted octanol–water partition coefficient (Wildman–Crippen LogP) is 15.5. The van der Waals surface area contributed by atoms with E-state index in [4.69, 9.17) is 9.97 Å². The molecule has 0 spiro atoms. The number of aromatic nitrogens is 3. The lowest BCUT2D eigenvalue weighted by atomic mass is 9.99. The van der Waals surface area contributed by atoms with Crippen LogP contribution in [-0.4, -0.2) is 14.5 Å². The van der Waals surface area contributed by atoms with Gasteiger partial charge in [-0.15, -0.1) is 0 Å². The number of rotatable bonds is 7. The summed E-state index contributed by atoms with van der Waals surface area (Å²) in [4.78, 5) is 12.5. The summed E-state index contributed by atoms with van der Waals surface area (Å²) in [6.07, 6.45) is 1.91. The summed E-state index contributed by atoms with van der Waals surface area (Å²) in [6, 6.07) is 80.2. The van der Waals surface area contributed by atoms with E-state index in [1.54, 1.807) is 0 Å². The van der Waals surface area contributed by atoms with E-state index in [1.807, 2.05) is 6.20 Å². The smallest absolute Gasteiger partial charge is 0.0979 e. The van der Waals surface area contributed by atoms with Gasteiger partial charge in [-0.3, -0.25) is 4.98 Å². The number of hydrogen-bond donors (Lipinski definition) is 0. The summed E-state index contributed by atoms with van der Waals surface area (Å²) in [5.41, 5.74) is 15.2. The molecule has 0 saturated heterocycles. The number of hydrogen-bond acceptors (Lipinski definition) is 3. The number of para-hydroxylation sites is 3. The zero-order valence-corrected chi connectivity index (χ0v) is 33.7. The average molecular weight is 791 g/mol. The van der Waals surface area contributed by atoms with Gasteiger partial charge in [-0.25, -0.2) is 4.98 Å². The summed E-state index contributed by atoms with van der Waals surface area (Å²) in [7, 11) is 0. The minimum atomic E-state index is 0.857. The zero-order valence-electron chi connectivity index (χ0n) is 33.7. The van der Waals surface area contributed by atoms with Crippen LogP contribution in [0.1, 0.15) is 0 Å². The number of nitrogens with zero attached hydrogens (tertiary/aromatic N) is 4. The van der Waals surface area contributed by atoms with Crippen molar-refractivity contribution in [3.8, 4) is 39.2 Å². The third kappa shape index (κ3) is 6.00. The van der Waals surface area contributed by atoms with E-state index in [1.165, 1.54) is 43.7 Å². The second-order valence-corrected chi connectivity index (χ2v) is 15.8. The van der Waals surface area contributed by atoms with Gasteiger partial charge in [0.1, 0.15) is 0 Å². The van der Waals surface area contributed by atoms with Crippen LogP contribution in [0.5, 0.6) is 0 Å². The lowest BCUT2D eigenvalue weighted by Crippen LogP contribution is -2.09. The Morgan fingerprint density at radius 2 is 0.839 bits per heavy atom. The number of benzene rings is 10. The monoisotopic (exact) mass is 790 g/mol. The van der Waals surface area contributed by atoms with Gasteiger partial charge >= 0.3 is 0 Å². The highest BCUT2D eigenvalue weighted by atomic mass is 15.1. The first-order valence-electron chi connectivity index (χ1n) is 21.1. The molecule has 12 aromatic rings. The van der Waals surface area contributed by atoms with Crippen molar-refractivity contribution in [1.29, 1.82) is 0 Å². The van der Waals surface area contributed by atoms with Crippen LogP contribution in [0, 0.1) is 0 Å². The maximum absolute atomic E-state index is 5.22. The Balaban J connectivity index is 0.876. The fourth-order valence-corrected chi connectivity index (χ4v) is 9.25. The maximum atomic E-state index is 5.22. The Bertz CT molecular complexity index is 3580. The summed E-state index contributed by atoms with van der Waals surface area (Å²) in [6.45, 7) is 0. The summed E-state index contributed by atoms with van der Waals surface area (Å²) in [5, 5.41) is 7.13. The molecule has 10 aromatic carbocycles. The molecule has 4 heteroatoms. The third-order valence-corrected chi connectivity index (χ3v) is 12.2. The van der Waals surface area contributed by atoms with E-state index < -0.39 is 0 Å². The van der Waals surface area contributed by atoms with Gasteiger partial charge in [-0.2, -0.15) is 0 Å². The molecule has 0 saturated carbocycles. The Kier molecular flexibility index (Phi) is 8.46. The first-order valence-corrected chi connectivity index (χ1v) is 21.1. The van der Waals surface area contributed by atoms with Gasteiger partial charge in [0.05, 0.1) is 34.0 Å². The minimum absolute atomic E-state index is 0.857. The molecule has 62 heavy (non-hydrogen) atoms. The van der Waals surface area contributed by atoms with E-state index in [-0.39, 0.29) is 0 Å². The van der Waals surface area contributed by atoms with Crippen molar-refractivity contribution in [1.82, 2.24) is 14.5 Å². The van der Waals surface area contributed by atoms with Gasteiger partial charge in [0.25, 0.3) is 0 Å². The Labute approximate surface area is 359 Å². The SMILES string of the molecule is c1ccc(N(c2ccc(-c3ccc4c(c3)c3ccccc3n4-c3ccccc3)cc2)c2cccc(-c3ccc(-c4cnc5c6ccccc6c6ccccc6c5n4)cc3)c2)cc1. The lowest BCUT2D eigenvalue weighted by Gasteiger charge is -2.26. The maximum Gasteiger partial charge on any atom is 0.0979 e. The van der Waals surface area contributed by atoms with Gasteiger partial charge in [-0.1, -0.05) is 158 Å². The van der Waals surface area contributed by atoms with Crippen LogP contribution in [0.2, 0.25) is 0 Å². The molecule has 12 rings (SSSR count). The van der Waals surface area contributed by atoms with Gasteiger partial charge in [0, 0.05) is 49.9 Å².